The van der Waals surface area contributed by atoms with Gasteiger partial charge in [0, 0.05) is 30.2 Å². The highest BCUT2D eigenvalue weighted by atomic mass is 16.5. The molecule has 0 amide bonds. The van der Waals surface area contributed by atoms with E-state index in [4.69, 9.17) is 4.74 Å². The van der Waals surface area contributed by atoms with Crippen molar-refractivity contribution in [1.29, 1.82) is 0 Å². The van der Waals surface area contributed by atoms with E-state index in [1.807, 2.05) is 18.2 Å². The smallest absolute Gasteiger partial charge is 0.123 e. The van der Waals surface area contributed by atoms with Gasteiger partial charge in [-0.25, -0.2) is 0 Å². The SMILES string of the molecule is CCC(C)(CO)CN[C@@H](C)c1ccccc1OC. The van der Waals surface area contributed by atoms with Gasteiger partial charge >= 0.3 is 0 Å². The maximum atomic E-state index is 9.40. The molecule has 0 aliphatic rings. The zero-order valence-electron chi connectivity index (χ0n) is 11.9. The van der Waals surface area contributed by atoms with Gasteiger partial charge in [-0.1, -0.05) is 32.0 Å². The zero-order valence-corrected chi connectivity index (χ0v) is 11.9. The molecule has 0 radical (unpaired) electrons. The Labute approximate surface area is 110 Å². The van der Waals surface area contributed by atoms with Crippen LogP contribution in [0.15, 0.2) is 24.3 Å². The van der Waals surface area contributed by atoms with Crippen molar-refractivity contribution >= 4 is 0 Å². The minimum atomic E-state index is -0.0593. The summed E-state index contributed by atoms with van der Waals surface area (Å²) in [5.41, 5.74) is 1.09. The first-order chi connectivity index (χ1) is 8.56. The van der Waals surface area contributed by atoms with Crippen LogP contribution < -0.4 is 10.1 Å². The molecule has 0 heterocycles. The first-order valence-electron chi connectivity index (χ1n) is 6.53. The lowest BCUT2D eigenvalue weighted by Crippen LogP contribution is -2.35. The van der Waals surface area contributed by atoms with Crippen molar-refractivity contribution in [3.05, 3.63) is 29.8 Å². The highest BCUT2D eigenvalue weighted by Crippen LogP contribution is 2.26. The van der Waals surface area contributed by atoms with Crippen LogP contribution in [0, 0.1) is 5.41 Å². The fraction of sp³-hybridized carbons (Fsp3) is 0.600. The standard InChI is InChI=1S/C15H25NO2/c1-5-15(3,11-17)10-16-12(2)13-8-6-7-9-14(13)18-4/h6-9,12,16-17H,5,10-11H2,1-4H3/t12-,15?/m0/s1. The van der Waals surface area contributed by atoms with Crippen molar-refractivity contribution < 1.29 is 9.84 Å². The van der Waals surface area contributed by atoms with Gasteiger partial charge in [0.05, 0.1) is 7.11 Å². The molecule has 2 atom stereocenters. The molecule has 0 aromatic heterocycles. The Morgan fingerprint density at radius 3 is 2.61 bits per heavy atom. The highest BCUT2D eigenvalue weighted by molar-refractivity contribution is 5.35. The molecule has 1 rings (SSSR count). The van der Waals surface area contributed by atoms with Crippen LogP contribution in [0.5, 0.6) is 5.75 Å². The third-order valence-electron chi connectivity index (χ3n) is 3.68. The van der Waals surface area contributed by atoms with Crippen molar-refractivity contribution in [3.63, 3.8) is 0 Å². The van der Waals surface area contributed by atoms with Crippen molar-refractivity contribution in [2.45, 2.75) is 33.2 Å². The highest BCUT2D eigenvalue weighted by Gasteiger charge is 2.22. The Balaban J connectivity index is 2.68. The number of ether oxygens (including phenoxy) is 1. The molecule has 18 heavy (non-hydrogen) atoms. The van der Waals surface area contributed by atoms with Gasteiger partial charge in [0.2, 0.25) is 0 Å². The van der Waals surface area contributed by atoms with Crippen LogP contribution in [-0.4, -0.2) is 25.4 Å². The van der Waals surface area contributed by atoms with Gasteiger partial charge in [-0.15, -0.1) is 0 Å². The van der Waals surface area contributed by atoms with E-state index in [2.05, 4.69) is 32.2 Å². The summed E-state index contributed by atoms with van der Waals surface area (Å²) in [5.74, 6) is 0.903. The maximum Gasteiger partial charge on any atom is 0.123 e. The van der Waals surface area contributed by atoms with E-state index in [1.54, 1.807) is 7.11 Å². The van der Waals surface area contributed by atoms with Crippen LogP contribution >= 0.6 is 0 Å². The molecule has 0 saturated heterocycles. The molecule has 1 aromatic rings. The normalized spacial score (nSPS) is 16.1. The minimum absolute atomic E-state index is 0.0593. The lowest BCUT2D eigenvalue weighted by molar-refractivity contribution is 0.132. The average molecular weight is 251 g/mol. The average Bonchev–Trinajstić information content (AvgIpc) is 2.44. The van der Waals surface area contributed by atoms with E-state index in [0.717, 1.165) is 24.3 Å². The summed E-state index contributed by atoms with van der Waals surface area (Å²) < 4.78 is 5.36. The molecule has 0 aliphatic heterocycles. The number of aliphatic hydroxyl groups is 1. The van der Waals surface area contributed by atoms with Crippen molar-refractivity contribution in [1.82, 2.24) is 5.32 Å². The molecule has 0 spiro atoms. The predicted octanol–water partition coefficient (Wildman–Crippen LogP) is 2.75. The summed E-state index contributed by atoms with van der Waals surface area (Å²) in [7, 11) is 1.69. The summed E-state index contributed by atoms with van der Waals surface area (Å²) in [6, 6.07) is 8.23. The summed E-state index contributed by atoms with van der Waals surface area (Å²) in [6.45, 7) is 7.31. The minimum Gasteiger partial charge on any atom is -0.496 e. The number of rotatable bonds is 7. The van der Waals surface area contributed by atoms with Crippen LogP contribution in [0.25, 0.3) is 0 Å². The van der Waals surface area contributed by atoms with E-state index in [0.29, 0.717) is 0 Å². The van der Waals surface area contributed by atoms with E-state index in [1.165, 1.54) is 0 Å². The number of aliphatic hydroxyl groups excluding tert-OH is 1. The van der Waals surface area contributed by atoms with Gasteiger partial charge in [0.1, 0.15) is 5.75 Å². The Hall–Kier alpha value is -1.06. The Morgan fingerprint density at radius 1 is 1.39 bits per heavy atom. The van der Waals surface area contributed by atoms with E-state index >= 15 is 0 Å². The van der Waals surface area contributed by atoms with E-state index in [-0.39, 0.29) is 18.1 Å². The number of methoxy groups -OCH3 is 1. The molecule has 3 heteroatoms. The molecule has 0 bridgehead atoms. The van der Waals surface area contributed by atoms with Gasteiger partial charge in [0.15, 0.2) is 0 Å². The summed E-state index contributed by atoms with van der Waals surface area (Å²) in [6.07, 6.45) is 0.954. The van der Waals surface area contributed by atoms with Crippen LogP contribution in [0.1, 0.15) is 38.8 Å². The number of hydrogen-bond donors (Lipinski definition) is 2. The lowest BCUT2D eigenvalue weighted by atomic mass is 9.88. The van der Waals surface area contributed by atoms with Crippen LogP contribution in [0.2, 0.25) is 0 Å². The second kappa shape index (κ2) is 6.76. The summed E-state index contributed by atoms with van der Waals surface area (Å²) in [4.78, 5) is 0. The topological polar surface area (TPSA) is 41.5 Å². The largest absolute Gasteiger partial charge is 0.496 e. The van der Waals surface area contributed by atoms with Crippen LogP contribution in [0.4, 0.5) is 0 Å². The second-order valence-corrected chi connectivity index (χ2v) is 5.17. The van der Waals surface area contributed by atoms with Gasteiger partial charge in [-0.05, 0) is 19.4 Å². The van der Waals surface area contributed by atoms with Crippen molar-refractivity contribution in [2.24, 2.45) is 5.41 Å². The van der Waals surface area contributed by atoms with E-state index in [9.17, 15) is 5.11 Å². The van der Waals surface area contributed by atoms with Gasteiger partial charge in [-0.3, -0.25) is 0 Å². The van der Waals surface area contributed by atoms with Crippen LogP contribution in [0.3, 0.4) is 0 Å². The molecule has 2 N–H and O–H groups in total. The first-order valence-corrected chi connectivity index (χ1v) is 6.53. The fourth-order valence-electron chi connectivity index (χ4n) is 1.83. The molecule has 1 aromatic carbocycles. The monoisotopic (exact) mass is 251 g/mol. The fourth-order valence-corrected chi connectivity index (χ4v) is 1.83. The first kappa shape index (κ1) is 15.0. The Bertz CT molecular complexity index is 361. The predicted molar refractivity (Wildman–Crippen MR) is 74.9 cm³/mol. The Morgan fingerprint density at radius 2 is 2.06 bits per heavy atom. The summed E-state index contributed by atoms with van der Waals surface area (Å²) >= 11 is 0. The molecular formula is C15H25NO2. The third-order valence-corrected chi connectivity index (χ3v) is 3.68. The molecule has 0 aliphatic carbocycles. The molecular weight excluding hydrogens is 226 g/mol. The quantitative estimate of drug-likeness (QED) is 0.783. The molecule has 1 unspecified atom stereocenters. The molecule has 102 valence electrons. The van der Waals surface area contributed by atoms with E-state index < -0.39 is 0 Å². The van der Waals surface area contributed by atoms with Gasteiger partial charge in [-0.2, -0.15) is 0 Å². The maximum absolute atomic E-state index is 9.40. The third kappa shape index (κ3) is 3.72. The molecule has 0 fully saturated rings. The Kier molecular flexibility index (Phi) is 5.63. The molecule has 0 saturated carbocycles. The number of benzene rings is 1. The number of hydrogen-bond acceptors (Lipinski definition) is 3. The van der Waals surface area contributed by atoms with Crippen molar-refractivity contribution in [3.8, 4) is 5.75 Å². The second-order valence-electron chi connectivity index (χ2n) is 5.17. The zero-order chi connectivity index (χ0) is 13.6. The summed E-state index contributed by atoms with van der Waals surface area (Å²) in [5, 5.41) is 12.9. The van der Waals surface area contributed by atoms with Gasteiger partial charge < -0.3 is 15.2 Å². The number of para-hydroxylation sites is 1. The molecule has 3 nitrogen and oxygen atoms in total. The van der Waals surface area contributed by atoms with Gasteiger partial charge in [0.25, 0.3) is 0 Å². The van der Waals surface area contributed by atoms with Crippen molar-refractivity contribution in [2.75, 3.05) is 20.3 Å². The number of nitrogens with one attached hydrogen (secondary N) is 1. The van der Waals surface area contributed by atoms with Crippen LogP contribution in [-0.2, 0) is 0 Å². The lowest BCUT2D eigenvalue weighted by Gasteiger charge is -2.28.